The van der Waals surface area contributed by atoms with Gasteiger partial charge in [-0.1, -0.05) is 6.92 Å². The number of hydrogen-bond donors (Lipinski definition) is 3. The standard InChI is InChI=1S/C8H13F3N2O3/c1-2-5(7(15)16)13-6(14)3-12-4-8(9,10)11/h5,12H,2-4H2,1H3,(H,13,14)(H,15,16)/t5-/m0/s1. The molecule has 1 amide bonds. The van der Waals surface area contributed by atoms with Crippen molar-refractivity contribution in [2.24, 2.45) is 0 Å². The van der Waals surface area contributed by atoms with Gasteiger partial charge in [0, 0.05) is 0 Å². The molecule has 0 saturated heterocycles. The Morgan fingerprint density at radius 1 is 1.38 bits per heavy atom. The zero-order chi connectivity index (χ0) is 12.8. The monoisotopic (exact) mass is 242 g/mol. The van der Waals surface area contributed by atoms with E-state index in [-0.39, 0.29) is 6.42 Å². The summed E-state index contributed by atoms with van der Waals surface area (Å²) in [6.07, 6.45) is -4.22. The SMILES string of the molecule is CC[C@H](NC(=O)CNCC(F)(F)F)C(=O)O. The Kier molecular flexibility index (Phi) is 5.79. The molecule has 0 aromatic carbocycles. The summed E-state index contributed by atoms with van der Waals surface area (Å²) in [6, 6.07) is -1.07. The van der Waals surface area contributed by atoms with E-state index in [1.54, 1.807) is 6.92 Å². The molecule has 0 aromatic rings. The number of carboxylic acid groups (broad SMARTS) is 1. The van der Waals surface area contributed by atoms with E-state index in [1.165, 1.54) is 0 Å². The van der Waals surface area contributed by atoms with E-state index in [0.717, 1.165) is 0 Å². The van der Waals surface area contributed by atoms with Gasteiger partial charge in [0.25, 0.3) is 0 Å². The summed E-state index contributed by atoms with van der Waals surface area (Å²) in [7, 11) is 0. The number of carbonyl (C=O) groups is 2. The smallest absolute Gasteiger partial charge is 0.401 e. The van der Waals surface area contributed by atoms with Crippen LogP contribution in [0.1, 0.15) is 13.3 Å². The van der Waals surface area contributed by atoms with E-state index in [9.17, 15) is 22.8 Å². The number of hydrogen-bond acceptors (Lipinski definition) is 3. The number of rotatable bonds is 6. The lowest BCUT2D eigenvalue weighted by molar-refractivity contribution is -0.142. The van der Waals surface area contributed by atoms with Gasteiger partial charge in [0.2, 0.25) is 5.91 Å². The molecule has 0 saturated carbocycles. The summed E-state index contributed by atoms with van der Waals surface area (Å²) in [6.45, 7) is -0.310. The fourth-order valence-electron chi connectivity index (χ4n) is 0.902. The highest BCUT2D eigenvalue weighted by atomic mass is 19.4. The van der Waals surface area contributed by atoms with Crippen molar-refractivity contribution < 1.29 is 27.9 Å². The molecule has 16 heavy (non-hydrogen) atoms. The van der Waals surface area contributed by atoms with Crippen molar-refractivity contribution in [3.05, 3.63) is 0 Å². The molecule has 0 rings (SSSR count). The maximum absolute atomic E-state index is 11.7. The molecule has 0 unspecified atom stereocenters. The van der Waals surface area contributed by atoms with Crippen LogP contribution in [0, 0.1) is 0 Å². The van der Waals surface area contributed by atoms with Crippen LogP contribution >= 0.6 is 0 Å². The number of amides is 1. The van der Waals surface area contributed by atoms with Crippen molar-refractivity contribution in [3.8, 4) is 0 Å². The molecule has 0 radical (unpaired) electrons. The highest BCUT2D eigenvalue weighted by Crippen LogP contribution is 2.11. The van der Waals surface area contributed by atoms with E-state index in [0.29, 0.717) is 0 Å². The van der Waals surface area contributed by atoms with Gasteiger partial charge in [-0.2, -0.15) is 13.2 Å². The summed E-state index contributed by atoms with van der Waals surface area (Å²) in [4.78, 5) is 21.5. The molecule has 0 fully saturated rings. The van der Waals surface area contributed by atoms with Crippen LogP contribution in [0.2, 0.25) is 0 Å². The summed E-state index contributed by atoms with van der Waals surface area (Å²) in [5, 5.41) is 12.5. The highest BCUT2D eigenvalue weighted by Gasteiger charge is 2.26. The number of carboxylic acids is 1. The minimum Gasteiger partial charge on any atom is -0.480 e. The fraction of sp³-hybridized carbons (Fsp3) is 0.750. The lowest BCUT2D eigenvalue weighted by Gasteiger charge is -2.13. The minimum absolute atomic E-state index is 0.167. The molecule has 0 aromatic heterocycles. The van der Waals surface area contributed by atoms with Crippen molar-refractivity contribution in [1.82, 2.24) is 10.6 Å². The van der Waals surface area contributed by atoms with Crippen LogP contribution in [0.4, 0.5) is 13.2 Å². The van der Waals surface area contributed by atoms with Crippen LogP contribution in [-0.4, -0.2) is 42.3 Å². The second-order valence-corrected chi connectivity index (χ2v) is 3.09. The second-order valence-electron chi connectivity index (χ2n) is 3.09. The Morgan fingerprint density at radius 3 is 2.31 bits per heavy atom. The van der Waals surface area contributed by atoms with Gasteiger partial charge in [-0.25, -0.2) is 4.79 Å². The number of nitrogens with one attached hydrogen (secondary N) is 2. The Labute approximate surface area is 90.0 Å². The quantitative estimate of drug-likeness (QED) is 0.618. The van der Waals surface area contributed by atoms with Gasteiger partial charge in [0.05, 0.1) is 13.1 Å². The van der Waals surface area contributed by atoms with Gasteiger partial charge in [0.15, 0.2) is 0 Å². The number of alkyl halides is 3. The molecular weight excluding hydrogens is 229 g/mol. The van der Waals surface area contributed by atoms with Crippen molar-refractivity contribution in [3.63, 3.8) is 0 Å². The summed E-state index contributed by atoms with van der Waals surface area (Å²) in [5.41, 5.74) is 0. The normalized spacial score (nSPS) is 13.2. The van der Waals surface area contributed by atoms with Crippen LogP contribution in [0.25, 0.3) is 0 Å². The molecule has 0 spiro atoms. The average Bonchev–Trinajstić information content (AvgIpc) is 2.11. The molecule has 0 aliphatic carbocycles. The van der Waals surface area contributed by atoms with Gasteiger partial charge in [0.1, 0.15) is 6.04 Å². The first kappa shape index (κ1) is 14.7. The molecule has 0 bridgehead atoms. The number of aliphatic carboxylic acids is 1. The van der Waals surface area contributed by atoms with Gasteiger partial charge in [-0.05, 0) is 6.42 Å². The van der Waals surface area contributed by atoms with Gasteiger partial charge in [-0.15, -0.1) is 0 Å². The zero-order valence-electron chi connectivity index (χ0n) is 8.60. The third kappa shape index (κ3) is 7.04. The van der Waals surface area contributed by atoms with Crippen molar-refractivity contribution in [2.45, 2.75) is 25.6 Å². The van der Waals surface area contributed by atoms with Crippen LogP contribution in [0.3, 0.4) is 0 Å². The molecule has 3 N–H and O–H groups in total. The number of halogens is 3. The topological polar surface area (TPSA) is 78.4 Å². The molecular formula is C8H13F3N2O3. The summed E-state index contributed by atoms with van der Waals surface area (Å²) < 4.78 is 35.0. The van der Waals surface area contributed by atoms with Gasteiger partial charge < -0.3 is 15.7 Å². The van der Waals surface area contributed by atoms with Gasteiger partial charge >= 0.3 is 12.1 Å². The maximum Gasteiger partial charge on any atom is 0.401 e. The second kappa shape index (κ2) is 6.31. The zero-order valence-corrected chi connectivity index (χ0v) is 8.60. The van der Waals surface area contributed by atoms with E-state index < -0.39 is 37.2 Å². The molecule has 5 nitrogen and oxygen atoms in total. The fourth-order valence-corrected chi connectivity index (χ4v) is 0.902. The van der Waals surface area contributed by atoms with E-state index in [1.807, 2.05) is 5.32 Å². The first-order chi connectivity index (χ1) is 7.26. The molecule has 94 valence electrons. The predicted octanol–water partition coefficient (Wildman–Crippen LogP) is 0.118. The van der Waals surface area contributed by atoms with E-state index >= 15 is 0 Å². The molecule has 1 atom stereocenters. The van der Waals surface area contributed by atoms with E-state index in [4.69, 9.17) is 5.11 Å². The lowest BCUT2D eigenvalue weighted by atomic mass is 10.2. The summed E-state index contributed by atoms with van der Waals surface area (Å²) >= 11 is 0. The van der Waals surface area contributed by atoms with Crippen LogP contribution < -0.4 is 10.6 Å². The molecule has 0 heterocycles. The molecule has 8 heteroatoms. The minimum atomic E-state index is -4.39. The van der Waals surface area contributed by atoms with Crippen molar-refractivity contribution >= 4 is 11.9 Å². The Balaban J connectivity index is 3.86. The first-order valence-electron chi connectivity index (χ1n) is 4.56. The first-order valence-corrected chi connectivity index (χ1v) is 4.56. The Bertz CT molecular complexity index is 255. The Hall–Kier alpha value is -1.31. The third-order valence-corrected chi connectivity index (χ3v) is 1.65. The highest BCUT2D eigenvalue weighted by molar-refractivity contribution is 5.84. The van der Waals surface area contributed by atoms with E-state index in [2.05, 4.69) is 5.32 Å². The lowest BCUT2D eigenvalue weighted by Crippen LogP contribution is -2.45. The van der Waals surface area contributed by atoms with Crippen LogP contribution in [-0.2, 0) is 9.59 Å². The molecule has 0 aliphatic heterocycles. The van der Waals surface area contributed by atoms with Crippen molar-refractivity contribution in [2.75, 3.05) is 13.1 Å². The largest absolute Gasteiger partial charge is 0.480 e. The average molecular weight is 242 g/mol. The molecule has 0 aliphatic rings. The van der Waals surface area contributed by atoms with Crippen LogP contribution in [0.15, 0.2) is 0 Å². The van der Waals surface area contributed by atoms with Crippen molar-refractivity contribution in [1.29, 1.82) is 0 Å². The maximum atomic E-state index is 11.7. The van der Waals surface area contributed by atoms with Crippen LogP contribution in [0.5, 0.6) is 0 Å². The van der Waals surface area contributed by atoms with Gasteiger partial charge in [-0.3, -0.25) is 4.79 Å². The number of carbonyl (C=O) groups excluding carboxylic acids is 1. The Morgan fingerprint density at radius 2 is 1.94 bits per heavy atom. The third-order valence-electron chi connectivity index (χ3n) is 1.65. The summed E-state index contributed by atoms with van der Waals surface area (Å²) in [5.74, 6) is -2.00. The predicted molar refractivity (Wildman–Crippen MR) is 48.8 cm³/mol.